The molecular weight excluding hydrogens is 428 g/mol. The van der Waals surface area contributed by atoms with Crippen molar-refractivity contribution in [3.05, 3.63) is 47.9 Å². The van der Waals surface area contributed by atoms with Crippen LogP contribution in [0.15, 0.2) is 40.9 Å². The number of carbonyl (C=O) groups is 2. The van der Waals surface area contributed by atoms with E-state index in [-0.39, 0.29) is 24.4 Å². The minimum Gasteiger partial charge on any atom is -0.493 e. The van der Waals surface area contributed by atoms with Crippen LogP contribution in [0.2, 0.25) is 0 Å². The summed E-state index contributed by atoms with van der Waals surface area (Å²) >= 11 is 0. The van der Waals surface area contributed by atoms with E-state index in [2.05, 4.69) is 20.4 Å². The van der Waals surface area contributed by atoms with Gasteiger partial charge in [-0.3, -0.25) is 4.79 Å². The Morgan fingerprint density at radius 3 is 2.85 bits per heavy atom. The van der Waals surface area contributed by atoms with Crippen molar-refractivity contribution in [2.45, 2.75) is 25.5 Å². The number of aromatic nitrogens is 2. The Labute approximate surface area is 189 Å². The molecule has 5 rings (SSSR count). The summed E-state index contributed by atoms with van der Waals surface area (Å²) in [4.78, 5) is 31.2. The van der Waals surface area contributed by atoms with Gasteiger partial charge in [-0.15, -0.1) is 0 Å². The average molecular weight is 450 g/mol. The van der Waals surface area contributed by atoms with Crippen LogP contribution in [-0.4, -0.2) is 48.8 Å². The van der Waals surface area contributed by atoms with Crippen molar-refractivity contribution >= 4 is 23.3 Å². The van der Waals surface area contributed by atoms with E-state index in [1.165, 1.54) is 0 Å². The molecule has 0 aliphatic carbocycles. The van der Waals surface area contributed by atoms with Crippen molar-refractivity contribution in [3.8, 4) is 22.9 Å². The molecule has 1 N–H and O–H groups in total. The third-order valence-corrected chi connectivity index (χ3v) is 5.79. The Morgan fingerprint density at radius 2 is 2.03 bits per heavy atom. The van der Waals surface area contributed by atoms with Crippen LogP contribution in [0.25, 0.3) is 11.4 Å². The molecule has 0 radical (unpaired) electrons. The fourth-order valence-corrected chi connectivity index (χ4v) is 4.17. The molecule has 0 bridgehead atoms. The number of hydrogen-bond donors (Lipinski definition) is 1. The first kappa shape index (κ1) is 20.8. The van der Waals surface area contributed by atoms with Gasteiger partial charge in [0.2, 0.25) is 11.7 Å². The van der Waals surface area contributed by atoms with E-state index < -0.39 is 5.97 Å². The van der Waals surface area contributed by atoms with E-state index in [4.69, 9.17) is 18.7 Å². The minimum absolute atomic E-state index is 0.0425. The molecule has 1 saturated heterocycles. The second-order valence-electron chi connectivity index (χ2n) is 7.73. The van der Waals surface area contributed by atoms with Gasteiger partial charge in [-0.25, -0.2) is 4.79 Å². The van der Waals surface area contributed by atoms with Gasteiger partial charge in [0, 0.05) is 12.1 Å². The van der Waals surface area contributed by atoms with E-state index in [1.807, 2.05) is 6.07 Å². The predicted octanol–water partition coefficient (Wildman–Crippen LogP) is 3.03. The highest BCUT2D eigenvalue weighted by Crippen LogP contribution is 2.37. The van der Waals surface area contributed by atoms with Crippen molar-refractivity contribution in [2.24, 2.45) is 0 Å². The van der Waals surface area contributed by atoms with Gasteiger partial charge in [0.15, 0.2) is 18.1 Å². The standard InChI is InChI=1S/C23H22N4O6/c1-30-18-8-6-13(11-19(18)31-2)21-25-20(33-26-21)12-32-23(29)14-5-7-16-15(10-14)24-22(28)17-4-3-9-27(16)17/h5-8,10-11,17H,3-4,9,12H2,1-2H3,(H,24,28)/t17-/m0/s1. The Balaban J connectivity index is 1.26. The quantitative estimate of drug-likeness (QED) is 0.566. The van der Waals surface area contributed by atoms with E-state index in [0.29, 0.717) is 34.1 Å². The van der Waals surface area contributed by atoms with Gasteiger partial charge in [0.1, 0.15) is 6.04 Å². The van der Waals surface area contributed by atoms with E-state index in [0.717, 1.165) is 25.1 Å². The lowest BCUT2D eigenvalue weighted by Gasteiger charge is -2.33. The van der Waals surface area contributed by atoms with Crippen LogP contribution in [0.3, 0.4) is 0 Å². The Morgan fingerprint density at radius 1 is 1.18 bits per heavy atom. The number of nitrogens with zero attached hydrogens (tertiary/aromatic N) is 3. The number of carbonyl (C=O) groups excluding carboxylic acids is 2. The first-order valence-corrected chi connectivity index (χ1v) is 10.5. The van der Waals surface area contributed by atoms with Crippen LogP contribution in [0.4, 0.5) is 11.4 Å². The number of hydrogen-bond acceptors (Lipinski definition) is 9. The first-order chi connectivity index (χ1) is 16.1. The molecule has 2 aliphatic heterocycles. The van der Waals surface area contributed by atoms with Gasteiger partial charge in [0.25, 0.3) is 5.89 Å². The zero-order valence-corrected chi connectivity index (χ0v) is 18.2. The SMILES string of the molecule is COc1ccc(-c2noc(COC(=O)c3ccc4c(c3)NC(=O)[C@@H]3CCCN43)n2)cc1OC. The smallest absolute Gasteiger partial charge is 0.338 e. The highest BCUT2D eigenvalue weighted by atomic mass is 16.6. The van der Waals surface area contributed by atoms with Gasteiger partial charge >= 0.3 is 5.97 Å². The molecule has 33 heavy (non-hydrogen) atoms. The van der Waals surface area contributed by atoms with Gasteiger partial charge in [0.05, 0.1) is 31.2 Å². The first-order valence-electron chi connectivity index (χ1n) is 10.5. The van der Waals surface area contributed by atoms with Crippen LogP contribution in [0, 0.1) is 0 Å². The molecule has 2 aliphatic rings. The predicted molar refractivity (Wildman–Crippen MR) is 117 cm³/mol. The number of ether oxygens (including phenoxy) is 3. The van der Waals surface area contributed by atoms with Crippen molar-refractivity contribution in [3.63, 3.8) is 0 Å². The fraction of sp³-hybridized carbons (Fsp3) is 0.304. The Bertz CT molecular complexity index is 1220. The van der Waals surface area contributed by atoms with Crippen molar-refractivity contribution in [1.82, 2.24) is 10.1 Å². The van der Waals surface area contributed by atoms with Gasteiger partial charge in [-0.2, -0.15) is 4.98 Å². The van der Waals surface area contributed by atoms with Crippen LogP contribution < -0.4 is 19.7 Å². The molecule has 170 valence electrons. The summed E-state index contributed by atoms with van der Waals surface area (Å²) in [6, 6.07) is 10.3. The topological polar surface area (TPSA) is 116 Å². The third kappa shape index (κ3) is 3.84. The van der Waals surface area contributed by atoms with E-state index in [9.17, 15) is 9.59 Å². The van der Waals surface area contributed by atoms with Crippen LogP contribution in [0.5, 0.6) is 11.5 Å². The third-order valence-electron chi connectivity index (χ3n) is 5.79. The molecule has 1 aromatic heterocycles. The Hall–Kier alpha value is -4.08. The molecule has 3 aromatic rings. The minimum atomic E-state index is -0.554. The van der Waals surface area contributed by atoms with Crippen LogP contribution >= 0.6 is 0 Å². The maximum absolute atomic E-state index is 12.6. The zero-order chi connectivity index (χ0) is 22.9. The van der Waals surface area contributed by atoms with E-state index in [1.54, 1.807) is 44.6 Å². The summed E-state index contributed by atoms with van der Waals surface area (Å²) in [5.74, 6) is 1.01. The summed E-state index contributed by atoms with van der Waals surface area (Å²) in [7, 11) is 3.09. The number of amides is 1. The lowest BCUT2D eigenvalue weighted by molar-refractivity contribution is -0.117. The van der Waals surface area contributed by atoms with Gasteiger partial charge in [-0.05, 0) is 49.2 Å². The zero-order valence-electron chi connectivity index (χ0n) is 18.2. The number of benzene rings is 2. The fourth-order valence-electron chi connectivity index (χ4n) is 4.17. The summed E-state index contributed by atoms with van der Waals surface area (Å²) in [5.41, 5.74) is 2.53. The second kappa shape index (κ2) is 8.45. The number of methoxy groups -OCH3 is 2. The van der Waals surface area contributed by atoms with Crippen molar-refractivity contribution < 1.29 is 28.3 Å². The average Bonchev–Trinajstić information content (AvgIpc) is 3.52. The number of nitrogens with one attached hydrogen (secondary N) is 1. The van der Waals surface area contributed by atoms with Crippen LogP contribution in [-0.2, 0) is 16.1 Å². The van der Waals surface area contributed by atoms with Crippen molar-refractivity contribution in [1.29, 1.82) is 0 Å². The molecule has 1 atom stereocenters. The highest BCUT2D eigenvalue weighted by molar-refractivity contribution is 6.05. The maximum Gasteiger partial charge on any atom is 0.338 e. The van der Waals surface area contributed by atoms with E-state index >= 15 is 0 Å². The number of esters is 1. The largest absolute Gasteiger partial charge is 0.493 e. The monoisotopic (exact) mass is 450 g/mol. The molecule has 10 heteroatoms. The molecular formula is C23H22N4O6. The number of anilines is 2. The lowest BCUT2D eigenvalue weighted by Crippen LogP contribution is -2.43. The molecule has 3 heterocycles. The number of fused-ring (bicyclic) bond motifs is 3. The van der Waals surface area contributed by atoms with Crippen LogP contribution in [0.1, 0.15) is 29.1 Å². The molecule has 0 unspecified atom stereocenters. The summed E-state index contributed by atoms with van der Waals surface area (Å²) in [5, 5.41) is 6.83. The summed E-state index contributed by atoms with van der Waals surface area (Å²) < 4.78 is 21.1. The Kier molecular flexibility index (Phi) is 5.33. The molecule has 2 aromatic carbocycles. The highest BCUT2D eigenvalue weighted by Gasteiger charge is 2.36. The van der Waals surface area contributed by atoms with Gasteiger partial charge < -0.3 is 29.0 Å². The van der Waals surface area contributed by atoms with Gasteiger partial charge in [-0.1, -0.05) is 5.16 Å². The molecule has 1 fully saturated rings. The summed E-state index contributed by atoms with van der Waals surface area (Å²) in [6.45, 7) is 0.644. The molecule has 0 saturated carbocycles. The number of rotatable bonds is 6. The second-order valence-corrected chi connectivity index (χ2v) is 7.73. The summed E-state index contributed by atoms with van der Waals surface area (Å²) in [6.07, 6.45) is 1.81. The molecule has 0 spiro atoms. The molecule has 1 amide bonds. The molecule has 10 nitrogen and oxygen atoms in total. The lowest BCUT2D eigenvalue weighted by atomic mass is 10.1. The maximum atomic E-state index is 12.6. The van der Waals surface area contributed by atoms with Crippen molar-refractivity contribution in [2.75, 3.05) is 31.0 Å². The normalized spacial score (nSPS) is 16.6.